The molecular weight excluding hydrogens is 316 g/mol. The molecule has 0 unspecified atom stereocenters. The van der Waals surface area contributed by atoms with E-state index in [-0.39, 0.29) is 16.9 Å². The van der Waals surface area contributed by atoms with Gasteiger partial charge < -0.3 is 15.4 Å². The summed E-state index contributed by atoms with van der Waals surface area (Å²) in [7, 11) is 1.73. The number of nitrogens with one attached hydrogen (secondary N) is 2. The lowest BCUT2D eigenvalue weighted by atomic mass is 9.79. The molecule has 0 saturated carbocycles. The number of carbonyl (C=O) groups is 1. The molecule has 25 heavy (non-hydrogen) atoms. The number of aromatic nitrogens is 2. The highest BCUT2D eigenvalue weighted by atomic mass is 16.5. The van der Waals surface area contributed by atoms with Gasteiger partial charge in [-0.05, 0) is 58.7 Å². The average molecular weight is 351 g/mol. The van der Waals surface area contributed by atoms with Crippen LogP contribution in [0.5, 0.6) is 0 Å². The largest absolute Gasteiger partial charge is 0.384 e. The van der Waals surface area contributed by atoms with Gasteiger partial charge in [0.15, 0.2) is 0 Å². The number of hydrogen-bond donors (Lipinski definition) is 2. The van der Waals surface area contributed by atoms with Gasteiger partial charge in [-0.2, -0.15) is 5.10 Å². The van der Waals surface area contributed by atoms with Crippen LogP contribution in [0.4, 0.5) is 0 Å². The molecule has 0 atom stereocenters. The molecule has 1 aliphatic heterocycles. The maximum atomic E-state index is 12.7. The Hall–Kier alpha value is -1.40. The van der Waals surface area contributed by atoms with Crippen molar-refractivity contribution in [1.82, 2.24) is 20.4 Å². The van der Waals surface area contributed by atoms with Crippen LogP contribution in [0.2, 0.25) is 0 Å². The monoisotopic (exact) mass is 350 g/mol. The normalized spacial score (nSPS) is 17.7. The quantitative estimate of drug-likeness (QED) is 0.827. The van der Waals surface area contributed by atoms with Crippen LogP contribution in [-0.2, 0) is 10.3 Å². The minimum atomic E-state index is -0.148. The Kier molecular flexibility index (Phi) is 6.27. The first-order chi connectivity index (χ1) is 11.7. The van der Waals surface area contributed by atoms with Crippen LogP contribution in [0.3, 0.4) is 0 Å². The Labute approximate surface area is 151 Å². The number of carbonyl (C=O) groups excluding carboxylic acids is 1. The Balaban J connectivity index is 2.12. The zero-order valence-corrected chi connectivity index (χ0v) is 16.6. The minimum absolute atomic E-state index is 0.0170. The van der Waals surface area contributed by atoms with Gasteiger partial charge in [0.2, 0.25) is 0 Å². The molecule has 6 heteroatoms. The zero-order valence-electron chi connectivity index (χ0n) is 16.6. The molecule has 1 aromatic heterocycles. The van der Waals surface area contributed by atoms with Crippen molar-refractivity contribution in [1.29, 1.82) is 0 Å². The summed E-state index contributed by atoms with van der Waals surface area (Å²) in [6.45, 7) is 13.8. The van der Waals surface area contributed by atoms with E-state index in [9.17, 15) is 4.79 Å². The highest BCUT2D eigenvalue weighted by Gasteiger charge is 2.33. The number of hydrogen-bond acceptors (Lipinski definition) is 4. The number of ether oxygens (including phenoxy) is 1. The molecule has 1 aromatic rings. The highest BCUT2D eigenvalue weighted by Crippen LogP contribution is 2.28. The number of piperidine rings is 1. The highest BCUT2D eigenvalue weighted by molar-refractivity contribution is 5.92. The van der Waals surface area contributed by atoms with Gasteiger partial charge in [-0.15, -0.1) is 0 Å². The lowest BCUT2D eigenvalue weighted by Crippen LogP contribution is -2.47. The Morgan fingerprint density at radius 1 is 1.40 bits per heavy atom. The summed E-state index contributed by atoms with van der Waals surface area (Å²) in [4.78, 5) is 12.7. The van der Waals surface area contributed by atoms with Crippen LogP contribution in [0.25, 0.3) is 0 Å². The predicted molar refractivity (Wildman–Crippen MR) is 100 cm³/mol. The van der Waals surface area contributed by atoms with Crippen LogP contribution < -0.4 is 10.6 Å². The van der Waals surface area contributed by atoms with Crippen molar-refractivity contribution in [2.75, 3.05) is 33.4 Å². The van der Waals surface area contributed by atoms with Crippen LogP contribution in [-0.4, -0.2) is 49.0 Å². The molecule has 0 spiro atoms. The van der Waals surface area contributed by atoms with Crippen LogP contribution in [0.15, 0.2) is 6.07 Å². The maximum absolute atomic E-state index is 12.7. The van der Waals surface area contributed by atoms with E-state index in [0.29, 0.717) is 24.8 Å². The SMILES string of the molecule is COCC1(CNC(=O)c2cc(C(C)C)n(C(C)(C)C)n2)CCNCC1. The summed E-state index contributed by atoms with van der Waals surface area (Å²) in [5.41, 5.74) is 1.46. The fourth-order valence-corrected chi connectivity index (χ4v) is 3.45. The van der Waals surface area contributed by atoms with E-state index in [4.69, 9.17) is 4.74 Å². The van der Waals surface area contributed by atoms with Crippen molar-refractivity contribution in [2.24, 2.45) is 5.41 Å². The molecule has 1 saturated heterocycles. The number of rotatable bonds is 6. The van der Waals surface area contributed by atoms with E-state index < -0.39 is 0 Å². The van der Waals surface area contributed by atoms with E-state index >= 15 is 0 Å². The van der Waals surface area contributed by atoms with Gasteiger partial charge in [0.05, 0.1) is 12.1 Å². The first kappa shape index (κ1) is 19.9. The first-order valence-electron chi connectivity index (χ1n) is 9.27. The van der Waals surface area contributed by atoms with Crippen LogP contribution in [0, 0.1) is 5.41 Å². The summed E-state index contributed by atoms with van der Waals surface area (Å²) in [6, 6.07) is 1.93. The Morgan fingerprint density at radius 3 is 2.52 bits per heavy atom. The van der Waals surface area contributed by atoms with Crippen LogP contribution >= 0.6 is 0 Å². The molecule has 2 heterocycles. The summed E-state index contributed by atoms with van der Waals surface area (Å²) < 4.78 is 7.40. The van der Waals surface area contributed by atoms with Gasteiger partial charge in [0, 0.05) is 24.8 Å². The summed E-state index contributed by atoms with van der Waals surface area (Å²) in [5.74, 6) is 0.219. The average Bonchev–Trinajstić information content (AvgIpc) is 3.00. The minimum Gasteiger partial charge on any atom is -0.384 e. The molecule has 0 bridgehead atoms. The third-order valence-electron chi connectivity index (χ3n) is 4.94. The maximum Gasteiger partial charge on any atom is 0.271 e. The van der Waals surface area contributed by atoms with Crippen molar-refractivity contribution >= 4 is 5.91 Å². The summed E-state index contributed by atoms with van der Waals surface area (Å²) in [5, 5.41) is 11.1. The molecule has 6 nitrogen and oxygen atoms in total. The second kappa shape index (κ2) is 7.87. The van der Waals surface area contributed by atoms with Gasteiger partial charge in [-0.3, -0.25) is 9.48 Å². The third-order valence-corrected chi connectivity index (χ3v) is 4.94. The van der Waals surface area contributed by atoms with Crippen molar-refractivity contribution < 1.29 is 9.53 Å². The molecule has 1 amide bonds. The van der Waals surface area contributed by atoms with Gasteiger partial charge in [0.25, 0.3) is 5.91 Å². The third kappa shape index (κ3) is 4.82. The molecule has 0 aliphatic carbocycles. The Bertz CT molecular complexity index is 575. The lowest BCUT2D eigenvalue weighted by molar-refractivity contribution is 0.0510. The molecule has 0 aromatic carbocycles. The van der Waals surface area contributed by atoms with E-state index in [1.807, 2.05) is 10.7 Å². The molecule has 1 fully saturated rings. The topological polar surface area (TPSA) is 68.2 Å². The summed E-state index contributed by atoms with van der Waals surface area (Å²) >= 11 is 0. The molecule has 2 N–H and O–H groups in total. The van der Waals surface area contributed by atoms with Crippen molar-refractivity contribution in [3.8, 4) is 0 Å². The second-order valence-electron chi connectivity index (χ2n) is 8.56. The fraction of sp³-hybridized carbons (Fsp3) is 0.789. The van der Waals surface area contributed by atoms with Gasteiger partial charge >= 0.3 is 0 Å². The molecule has 0 radical (unpaired) electrons. The van der Waals surface area contributed by atoms with Gasteiger partial charge in [-0.1, -0.05) is 13.8 Å². The van der Waals surface area contributed by atoms with E-state index in [0.717, 1.165) is 31.6 Å². The second-order valence-corrected chi connectivity index (χ2v) is 8.56. The number of nitrogens with zero attached hydrogens (tertiary/aromatic N) is 2. The molecule has 142 valence electrons. The van der Waals surface area contributed by atoms with Crippen molar-refractivity contribution in [3.63, 3.8) is 0 Å². The number of methoxy groups -OCH3 is 1. The van der Waals surface area contributed by atoms with E-state index in [1.54, 1.807) is 7.11 Å². The van der Waals surface area contributed by atoms with E-state index in [2.05, 4.69) is 50.4 Å². The summed E-state index contributed by atoms with van der Waals surface area (Å²) in [6.07, 6.45) is 2.02. The first-order valence-corrected chi connectivity index (χ1v) is 9.27. The standard InChI is InChI=1S/C19H34N4O2/c1-14(2)16-11-15(22-23(16)18(3,4)5)17(24)21-12-19(13-25-6)7-9-20-10-8-19/h11,14,20H,7-10,12-13H2,1-6H3,(H,21,24). The molecule has 1 aliphatic rings. The van der Waals surface area contributed by atoms with Crippen molar-refractivity contribution in [2.45, 2.75) is 58.9 Å². The van der Waals surface area contributed by atoms with Gasteiger partial charge in [-0.25, -0.2) is 0 Å². The van der Waals surface area contributed by atoms with Crippen LogP contribution in [0.1, 0.15) is 69.6 Å². The molecule has 2 rings (SSSR count). The van der Waals surface area contributed by atoms with Gasteiger partial charge in [0.1, 0.15) is 5.69 Å². The smallest absolute Gasteiger partial charge is 0.271 e. The zero-order chi connectivity index (χ0) is 18.7. The van der Waals surface area contributed by atoms with Crippen molar-refractivity contribution in [3.05, 3.63) is 17.5 Å². The predicted octanol–water partition coefficient (Wildman–Crippen LogP) is 2.51. The fourth-order valence-electron chi connectivity index (χ4n) is 3.45. The van der Waals surface area contributed by atoms with E-state index in [1.165, 1.54) is 0 Å². The number of amides is 1. The molecular formula is C19H34N4O2. The lowest BCUT2D eigenvalue weighted by Gasteiger charge is -2.37. The Morgan fingerprint density at radius 2 is 2.04 bits per heavy atom.